The molecule has 1 aliphatic heterocycles. The molecule has 5 rings (SSSR count). The predicted octanol–water partition coefficient (Wildman–Crippen LogP) is 5.52. The topological polar surface area (TPSA) is 54.7 Å². The van der Waals surface area contributed by atoms with E-state index >= 15 is 0 Å². The van der Waals surface area contributed by atoms with Gasteiger partial charge < -0.3 is 19.3 Å². The third-order valence-electron chi connectivity index (χ3n) is 7.02. The highest BCUT2D eigenvalue weighted by molar-refractivity contribution is 5.99. The molecule has 2 heterocycles. The first-order chi connectivity index (χ1) is 15.2. The van der Waals surface area contributed by atoms with E-state index in [9.17, 15) is 9.90 Å². The standard InChI is InChI=1S/C26H30N2O3/c1-31-16-15-27-13-14-28-23-17-19(26(29)30)11-12-20(23)24(18-7-3-2-4-8-18)25(28)21-9-5-6-10-22(21)27/h5-6,9-12,17-18H,2-4,7-8,13-16H2,1H3,(H,29,30). The lowest BCUT2D eigenvalue weighted by molar-refractivity contribution is 0.0697. The van der Waals surface area contributed by atoms with Gasteiger partial charge in [0.05, 0.1) is 17.9 Å². The van der Waals surface area contributed by atoms with Crippen LogP contribution in [-0.2, 0) is 11.3 Å². The van der Waals surface area contributed by atoms with E-state index in [1.807, 2.05) is 6.07 Å². The highest BCUT2D eigenvalue weighted by Gasteiger charge is 2.30. The summed E-state index contributed by atoms with van der Waals surface area (Å²) in [5.41, 5.74) is 6.63. The van der Waals surface area contributed by atoms with Gasteiger partial charge in [-0.05, 0) is 42.5 Å². The quantitative estimate of drug-likeness (QED) is 0.593. The molecular formula is C26H30N2O3. The van der Waals surface area contributed by atoms with Crippen molar-refractivity contribution in [2.24, 2.45) is 0 Å². The number of ether oxygens (including phenoxy) is 1. The summed E-state index contributed by atoms with van der Waals surface area (Å²) >= 11 is 0. The average Bonchev–Trinajstić information content (AvgIpc) is 3.04. The monoisotopic (exact) mass is 418 g/mol. The van der Waals surface area contributed by atoms with Crippen molar-refractivity contribution in [1.29, 1.82) is 0 Å². The summed E-state index contributed by atoms with van der Waals surface area (Å²) in [4.78, 5) is 14.1. The number of hydrogen-bond donors (Lipinski definition) is 1. The lowest BCUT2D eigenvalue weighted by atomic mass is 9.81. The molecule has 3 aromatic rings. The van der Waals surface area contributed by atoms with Gasteiger partial charge in [0.15, 0.2) is 0 Å². The lowest BCUT2D eigenvalue weighted by Gasteiger charge is -2.26. The van der Waals surface area contributed by atoms with Crippen LogP contribution >= 0.6 is 0 Å². The Kier molecular flexibility index (Phi) is 5.45. The van der Waals surface area contributed by atoms with Crippen molar-refractivity contribution in [3.63, 3.8) is 0 Å². The van der Waals surface area contributed by atoms with Crippen molar-refractivity contribution in [3.05, 3.63) is 53.6 Å². The predicted molar refractivity (Wildman–Crippen MR) is 124 cm³/mol. The fourth-order valence-corrected chi connectivity index (χ4v) is 5.56. The Labute approximate surface area is 183 Å². The van der Waals surface area contributed by atoms with E-state index in [0.29, 0.717) is 18.1 Å². The lowest BCUT2D eigenvalue weighted by Crippen LogP contribution is -2.29. The number of para-hydroxylation sites is 1. The number of carboxylic acids is 1. The maximum atomic E-state index is 11.7. The normalized spacial score (nSPS) is 16.7. The molecule has 0 spiro atoms. The Morgan fingerprint density at radius 3 is 2.68 bits per heavy atom. The number of aromatic carboxylic acids is 1. The molecule has 0 amide bonds. The van der Waals surface area contributed by atoms with Gasteiger partial charge in [-0.1, -0.05) is 43.5 Å². The Balaban J connectivity index is 1.77. The number of methoxy groups -OCH3 is 1. The first-order valence-corrected chi connectivity index (χ1v) is 11.4. The number of hydrogen-bond acceptors (Lipinski definition) is 3. The summed E-state index contributed by atoms with van der Waals surface area (Å²) in [6.07, 6.45) is 6.27. The zero-order valence-corrected chi connectivity index (χ0v) is 18.1. The van der Waals surface area contributed by atoms with Gasteiger partial charge in [-0.15, -0.1) is 0 Å². The minimum absolute atomic E-state index is 0.358. The van der Waals surface area contributed by atoms with Gasteiger partial charge in [-0.2, -0.15) is 0 Å². The van der Waals surface area contributed by atoms with Crippen LogP contribution in [-0.4, -0.2) is 42.4 Å². The number of benzene rings is 2. The number of rotatable bonds is 5. The number of fused-ring (bicyclic) bond motifs is 5. The third-order valence-corrected chi connectivity index (χ3v) is 7.02. The van der Waals surface area contributed by atoms with Crippen molar-refractivity contribution >= 4 is 22.6 Å². The van der Waals surface area contributed by atoms with E-state index in [-0.39, 0.29) is 0 Å². The molecule has 2 aliphatic rings. The fraction of sp³-hybridized carbons (Fsp3) is 0.423. The molecule has 1 aromatic heterocycles. The summed E-state index contributed by atoms with van der Waals surface area (Å²) in [6.45, 7) is 3.23. The van der Waals surface area contributed by atoms with Gasteiger partial charge in [-0.3, -0.25) is 0 Å². The molecule has 1 aliphatic carbocycles. The maximum Gasteiger partial charge on any atom is 0.335 e. The summed E-state index contributed by atoms with van der Waals surface area (Å²) in [6, 6.07) is 14.4. The molecule has 0 atom stereocenters. The number of carbonyl (C=O) groups is 1. The van der Waals surface area contributed by atoms with Crippen molar-refractivity contribution in [2.45, 2.75) is 44.6 Å². The van der Waals surface area contributed by atoms with E-state index in [1.54, 1.807) is 13.2 Å². The fourth-order valence-electron chi connectivity index (χ4n) is 5.56. The molecule has 5 nitrogen and oxygen atoms in total. The molecular weight excluding hydrogens is 388 g/mol. The molecule has 1 saturated carbocycles. The van der Waals surface area contributed by atoms with Crippen molar-refractivity contribution < 1.29 is 14.6 Å². The van der Waals surface area contributed by atoms with Crippen LogP contribution in [0.1, 0.15) is 53.9 Å². The van der Waals surface area contributed by atoms with E-state index in [4.69, 9.17) is 4.74 Å². The molecule has 1 N–H and O–H groups in total. The Hall–Kier alpha value is -2.79. The summed E-state index contributed by atoms with van der Waals surface area (Å²) in [5, 5.41) is 10.9. The van der Waals surface area contributed by atoms with Crippen molar-refractivity contribution in [1.82, 2.24) is 4.57 Å². The van der Waals surface area contributed by atoms with Crippen LogP contribution in [0.15, 0.2) is 42.5 Å². The van der Waals surface area contributed by atoms with Gasteiger partial charge in [0.2, 0.25) is 0 Å². The molecule has 31 heavy (non-hydrogen) atoms. The van der Waals surface area contributed by atoms with Crippen LogP contribution in [0.25, 0.3) is 22.2 Å². The van der Waals surface area contributed by atoms with Crippen LogP contribution in [0.3, 0.4) is 0 Å². The Morgan fingerprint density at radius 1 is 1.10 bits per heavy atom. The maximum absolute atomic E-state index is 11.7. The number of anilines is 1. The molecule has 0 radical (unpaired) electrons. The SMILES string of the molecule is COCCN1CCn2c(c(C3CCCCC3)c3ccc(C(=O)O)cc32)-c2ccccc21. The minimum Gasteiger partial charge on any atom is -0.478 e. The summed E-state index contributed by atoms with van der Waals surface area (Å²) in [7, 11) is 1.75. The third kappa shape index (κ3) is 3.51. The van der Waals surface area contributed by atoms with Crippen LogP contribution in [0.2, 0.25) is 0 Å². The van der Waals surface area contributed by atoms with E-state index in [1.165, 1.54) is 60.0 Å². The largest absolute Gasteiger partial charge is 0.478 e. The Morgan fingerprint density at radius 2 is 1.90 bits per heavy atom. The number of carboxylic acid groups (broad SMARTS) is 1. The molecule has 2 aromatic carbocycles. The van der Waals surface area contributed by atoms with E-state index < -0.39 is 5.97 Å². The second-order valence-electron chi connectivity index (χ2n) is 8.78. The average molecular weight is 419 g/mol. The summed E-state index contributed by atoms with van der Waals surface area (Å²) in [5.74, 6) is -0.339. The second-order valence-corrected chi connectivity index (χ2v) is 8.78. The minimum atomic E-state index is -0.868. The van der Waals surface area contributed by atoms with Gasteiger partial charge in [0.25, 0.3) is 0 Å². The molecule has 162 valence electrons. The van der Waals surface area contributed by atoms with Gasteiger partial charge in [0, 0.05) is 48.9 Å². The molecule has 0 saturated heterocycles. The Bertz CT molecular complexity index is 1110. The van der Waals surface area contributed by atoms with Crippen LogP contribution in [0.5, 0.6) is 0 Å². The molecule has 0 unspecified atom stereocenters. The van der Waals surface area contributed by atoms with Crippen LogP contribution in [0.4, 0.5) is 5.69 Å². The first kappa shape index (κ1) is 20.1. The smallest absolute Gasteiger partial charge is 0.335 e. The van der Waals surface area contributed by atoms with E-state index in [2.05, 4.69) is 39.8 Å². The van der Waals surface area contributed by atoms with Crippen LogP contribution < -0.4 is 4.90 Å². The summed E-state index contributed by atoms with van der Waals surface area (Å²) < 4.78 is 7.76. The highest BCUT2D eigenvalue weighted by Crippen LogP contribution is 2.47. The zero-order chi connectivity index (χ0) is 21.4. The number of aromatic nitrogens is 1. The molecule has 1 fully saturated rings. The molecule has 0 bridgehead atoms. The highest BCUT2D eigenvalue weighted by atomic mass is 16.5. The van der Waals surface area contributed by atoms with Gasteiger partial charge in [0.1, 0.15) is 0 Å². The zero-order valence-electron chi connectivity index (χ0n) is 18.1. The number of nitrogens with zero attached hydrogens (tertiary/aromatic N) is 2. The van der Waals surface area contributed by atoms with Crippen LogP contribution in [0, 0.1) is 0 Å². The van der Waals surface area contributed by atoms with Crippen molar-refractivity contribution in [3.8, 4) is 11.3 Å². The second kappa shape index (κ2) is 8.39. The van der Waals surface area contributed by atoms with E-state index in [0.717, 1.165) is 25.2 Å². The van der Waals surface area contributed by atoms with Crippen molar-refractivity contribution in [2.75, 3.05) is 31.7 Å². The molecule has 5 heteroatoms. The van der Waals surface area contributed by atoms with Gasteiger partial charge in [-0.25, -0.2) is 4.79 Å². The van der Waals surface area contributed by atoms with Gasteiger partial charge >= 0.3 is 5.97 Å². The first-order valence-electron chi connectivity index (χ1n) is 11.4.